The van der Waals surface area contributed by atoms with Crippen molar-refractivity contribution >= 4 is 27.5 Å². The van der Waals surface area contributed by atoms with E-state index >= 15 is 0 Å². The number of fused-ring (bicyclic) bond motifs is 1. The molecule has 5 heteroatoms. The fourth-order valence-electron chi connectivity index (χ4n) is 2.85. The molecule has 1 amide bonds. The molecule has 1 saturated heterocycles. The van der Waals surface area contributed by atoms with Crippen molar-refractivity contribution in [3.8, 4) is 0 Å². The molecule has 2 heterocycles. The third-order valence-corrected chi connectivity index (χ3v) is 5.19. The molecule has 1 fully saturated rings. The lowest BCUT2D eigenvalue weighted by molar-refractivity contribution is -0.121. The Morgan fingerprint density at radius 1 is 1.36 bits per heavy atom. The van der Waals surface area contributed by atoms with Gasteiger partial charge < -0.3 is 10.6 Å². The molecule has 1 atom stereocenters. The fourth-order valence-corrected chi connectivity index (χ4v) is 3.85. The molecular formula is C17H23N3OS. The Morgan fingerprint density at radius 3 is 3.09 bits per heavy atom. The number of amides is 1. The van der Waals surface area contributed by atoms with Crippen molar-refractivity contribution in [2.75, 3.05) is 13.1 Å². The molecule has 0 spiro atoms. The minimum absolute atomic E-state index is 0.179. The first-order valence-corrected chi connectivity index (χ1v) is 8.97. The molecule has 3 rings (SSSR count). The highest BCUT2D eigenvalue weighted by Gasteiger charge is 2.14. The van der Waals surface area contributed by atoms with Crippen molar-refractivity contribution < 1.29 is 4.79 Å². The molecule has 1 aromatic heterocycles. The highest BCUT2D eigenvalue weighted by atomic mass is 32.1. The van der Waals surface area contributed by atoms with E-state index in [1.807, 2.05) is 12.1 Å². The zero-order chi connectivity index (χ0) is 15.2. The second-order valence-corrected chi connectivity index (χ2v) is 6.99. The maximum absolute atomic E-state index is 11.8. The molecule has 1 aliphatic heterocycles. The van der Waals surface area contributed by atoms with E-state index in [9.17, 15) is 4.79 Å². The average molecular weight is 317 g/mol. The zero-order valence-corrected chi connectivity index (χ0v) is 13.6. The van der Waals surface area contributed by atoms with Gasteiger partial charge in [0.15, 0.2) is 0 Å². The number of aryl methyl sites for hydroxylation is 1. The van der Waals surface area contributed by atoms with Gasteiger partial charge in [-0.25, -0.2) is 4.98 Å². The Labute approximate surface area is 135 Å². The second-order valence-electron chi connectivity index (χ2n) is 5.88. The van der Waals surface area contributed by atoms with Crippen LogP contribution in [0, 0.1) is 0 Å². The molecule has 118 valence electrons. The van der Waals surface area contributed by atoms with Gasteiger partial charge in [0.1, 0.15) is 0 Å². The summed E-state index contributed by atoms with van der Waals surface area (Å²) in [6.07, 6.45) is 5.95. The van der Waals surface area contributed by atoms with E-state index < -0.39 is 0 Å². The van der Waals surface area contributed by atoms with Crippen LogP contribution in [-0.2, 0) is 11.2 Å². The zero-order valence-electron chi connectivity index (χ0n) is 12.8. The number of nitrogens with one attached hydrogen (secondary N) is 2. The van der Waals surface area contributed by atoms with Gasteiger partial charge in [0.25, 0.3) is 0 Å². The molecule has 0 bridgehead atoms. The first-order chi connectivity index (χ1) is 10.8. The quantitative estimate of drug-likeness (QED) is 0.772. The number of aromatic nitrogens is 1. The van der Waals surface area contributed by atoms with Gasteiger partial charge in [-0.15, -0.1) is 11.3 Å². The maximum Gasteiger partial charge on any atom is 0.220 e. The predicted molar refractivity (Wildman–Crippen MR) is 91.2 cm³/mol. The van der Waals surface area contributed by atoms with Crippen LogP contribution in [0.15, 0.2) is 24.3 Å². The van der Waals surface area contributed by atoms with Gasteiger partial charge in [-0.1, -0.05) is 12.1 Å². The summed E-state index contributed by atoms with van der Waals surface area (Å²) in [4.78, 5) is 16.4. The molecule has 1 aromatic carbocycles. The lowest BCUT2D eigenvalue weighted by Gasteiger charge is -2.11. The molecule has 1 aliphatic rings. The van der Waals surface area contributed by atoms with E-state index in [0.29, 0.717) is 12.5 Å². The third kappa shape index (κ3) is 4.27. The van der Waals surface area contributed by atoms with Gasteiger partial charge >= 0.3 is 0 Å². The Hall–Kier alpha value is -1.46. The van der Waals surface area contributed by atoms with Crippen LogP contribution in [0.25, 0.3) is 10.2 Å². The smallest absolute Gasteiger partial charge is 0.220 e. The number of carbonyl (C=O) groups excluding carboxylic acids is 1. The Morgan fingerprint density at radius 2 is 2.27 bits per heavy atom. The van der Waals surface area contributed by atoms with Crippen LogP contribution in [0.3, 0.4) is 0 Å². The van der Waals surface area contributed by atoms with Crippen LogP contribution in [0.1, 0.15) is 37.1 Å². The number of benzene rings is 1. The van der Waals surface area contributed by atoms with Crippen LogP contribution in [-0.4, -0.2) is 30.0 Å². The summed E-state index contributed by atoms with van der Waals surface area (Å²) in [6.45, 7) is 1.86. The second kappa shape index (κ2) is 7.70. The van der Waals surface area contributed by atoms with Crippen LogP contribution in [0.2, 0.25) is 0 Å². The molecule has 0 radical (unpaired) electrons. The summed E-state index contributed by atoms with van der Waals surface area (Å²) in [5, 5.41) is 7.60. The topological polar surface area (TPSA) is 54.0 Å². The molecular weight excluding hydrogens is 294 g/mol. The molecule has 22 heavy (non-hydrogen) atoms. The predicted octanol–water partition coefficient (Wildman–Crippen LogP) is 2.88. The largest absolute Gasteiger partial charge is 0.355 e. The number of rotatable bonds is 7. The Balaban J connectivity index is 1.33. The molecule has 4 nitrogen and oxygen atoms in total. The molecule has 0 saturated carbocycles. The summed E-state index contributed by atoms with van der Waals surface area (Å²) in [7, 11) is 0. The highest BCUT2D eigenvalue weighted by molar-refractivity contribution is 7.18. The van der Waals surface area contributed by atoms with Gasteiger partial charge in [0, 0.05) is 19.0 Å². The van der Waals surface area contributed by atoms with Crippen LogP contribution in [0.5, 0.6) is 0 Å². The highest BCUT2D eigenvalue weighted by Crippen LogP contribution is 2.22. The monoisotopic (exact) mass is 317 g/mol. The molecule has 0 aliphatic carbocycles. The number of nitrogens with zero attached hydrogens (tertiary/aromatic N) is 1. The number of hydrogen-bond acceptors (Lipinski definition) is 4. The van der Waals surface area contributed by atoms with Gasteiger partial charge in [-0.3, -0.25) is 4.79 Å². The van der Waals surface area contributed by atoms with E-state index in [-0.39, 0.29) is 5.91 Å². The summed E-state index contributed by atoms with van der Waals surface area (Å²) in [5.41, 5.74) is 1.09. The first kappa shape index (κ1) is 15.4. The van der Waals surface area contributed by atoms with Crippen molar-refractivity contribution in [3.05, 3.63) is 29.3 Å². The van der Waals surface area contributed by atoms with Crippen molar-refractivity contribution in [1.29, 1.82) is 0 Å². The van der Waals surface area contributed by atoms with Gasteiger partial charge in [0.2, 0.25) is 5.91 Å². The fraction of sp³-hybridized carbons (Fsp3) is 0.529. The van der Waals surface area contributed by atoms with Crippen LogP contribution < -0.4 is 10.6 Å². The summed E-state index contributed by atoms with van der Waals surface area (Å²) in [5.74, 6) is 0.179. The van der Waals surface area contributed by atoms with E-state index in [4.69, 9.17) is 0 Å². The average Bonchev–Trinajstić information content (AvgIpc) is 3.18. The summed E-state index contributed by atoms with van der Waals surface area (Å²) >= 11 is 1.76. The molecule has 2 N–H and O–H groups in total. The van der Waals surface area contributed by atoms with Crippen molar-refractivity contribution in [3.63, 3.8) is 0 Å². The minimum Gasteiger partial charge on any atom is -0.355 e. The number of hydrogen-bond donors (Lipinski definition) is 2. The van der Waals surface area contributed by atoms with Crippen molar-refractivity contribution in [2.45, 2.75) is 44.6 Å². The van der Waals surface area contributed by atoms with E-state index in [2.05, 4.69) is 27.8 Å². The standard InChI is InChI=1S/C17H23N3OS/c21-16(19-12-13-6-5-11-18-13)9-3-4-10-17-20-14-7-1-2-8-15(14)22-17/h1-2,7-8,13,18H,3-6,9-12H2,(H,19,21). The minimum atomic E-state index is 0.179. The molecule has 2 aromatic rings. The van der Waals surface area contributed by atoms with Crippen molar-refractivity contribution in [2.24, 2.45) is 0 Å². The SMILES string of the molecule is O=C(CCCCc1nc2ccccc2s1)NCC1CCCN1. The van der Waals surface area contributed by atoms with E-state index in [0.717, 1.165) is 37.9 Å². The third-order valence-electron chi connectivity index (χ3n) is 4.09. The Kier molecular flexibility index (Phi) is 5.40. The van der Waals surface area contributed by atoms with E-state index in [1.165, 1.54) is 22.5 Å². The number of carbonyl (C=O) groups is 1. The lowest BCUT2D eigenvalue weighted by Crippen LogP contribution is -2.37. The summed E-state index contributed by atoms with van der Waals surface area (Å²) < 4.78 is 1.25. The van der Waals surface area contributed by atoms with E-state index in [1.54, 1.807) is 11.3 Å². The number of unbranched alkanes of at least 4 members (excludes halogenated alkanes) is 1. The van der Waals surface area contributed by atoms with Crippen molar-refractivity contribution in [1.82, 2.24) is 15.6 Å². The number of thiazole rings is 1. The number of para-hydroxylation sites is 1. The van der Waals surface area contributed by atoms with Crippen LogP contribution in [0.4, 0.5) is 0 Å². The lowest BCUT2D eigenvalue weighted by atomic mass is 10.2. The molecule has 1 unspecified atom stereocenters. The maximum atomic E-state index is 11.8. The van der Waals surface area contributed by atoms with Gasteiger partial charge in [-0.2, -0.15) is 0 Å². The van der Waals surface area contributed by atoms with Gasteiger partial charge in [0.05, 0.1) is 15.2 Å². The van der Waals surface area contributed by atoms with Gasteiger partial charge in [-0.05, 0) is 50.8 Å². The summed E-state index contributed by atoms with van der Waals surface area (Å²) in [6, 6.07) is 8.72. The first-order valence-electron chi connectivity index (χ1n) is 8.16. The normalized spacial score (nSPS) is 17.9. The van der Waals surface area contributed by atoms with Crippen LogP contribution >= 0.6 is 11.3 Å². The Bertz CT molecular complexity index is 586.